The normalized spacial score (nSPS) is 23.5. The van der Waals surface area contributed by atoms with Crippen LogP contribution in [0.4, 0.5) is 5.00 Å². The molecule has 1 amide bonds. The van der Waals surface area contributed by atoms with Gasteiger partial charge in [0, 0.05) is 16.5 Å². The van der Waals surface area contributed by atoms with Gasteiger partial charge in [-0.15, -0.1) is 11.3 Å². The van der Waals surface area contributed by atoms with E-state index in [9.17, 15) is 4.79 Å². The van der Waals surface area contributed by atoms with Gasteiger partial charge < -0.3 is 20.1 Å². The highest BCUT2D eigenvalue weighted by Gasteiger charge is 2.34. The number of hydrogen-bond donors (Lipinski definition) is 2. The number of ether oxygens (including phenoxy) is 2. The van der Waals surface area contributed by atoms with E-state index in [1.165, 1.54) is 10.4 Å². The van der Waals surface area contributed by atoms with Crippen molar-refractivity contribution in [3.63, 3.8) is 0 Å². The minimum Gasteiger partial charge on any atom is -0.454 e. The largest absolute Gasteiger partial charge is 0.454 e. The zero-order chi connectivity index (χ0) is 17.1. The molecule has 3 aliphatic rings. The molecule has 0 spiro atoms. The molecule has 2 aromatic rings. The van der Waals surface area contributed by atoms with Crippen LogP contribution in [-0.2, 0) is 12.8 Å². The molecule has 0 fully saturated rings. The standard InChI is InChI=1S/C18H17ClN2O3S/c1-8-2-3-9-14(4-8)25-18-15(9)17(22)20-16(21-18)10-5-12-13(6-11(10)19)24-7-23-12/h5-6,8,16,21H,2-4,7H2,1H3,(H,20,22)/t8-,16-/m0/s1. The fraction of sp³-hybridized carbons (Fsp3) is 0.389. The van der Waals surface area contributed by atoms with E-state index in [4.69, 9.17) is 21.1 Å². The van der Waals surface area contributed by atoms with Gasteiger partial charge in [0.05, 0.1) is 10.6 Å². The smallest absolute Gasteiger partial charge is 0.256 e. The van der Waals surface area contributed by atoms with Crippen LogP contribution in [-0.4, -0.2) is 12.7 Å². The van der Waals surface area contributed by atoms with Gasteiger partial charge >= 0.3 is 0 Å². The van der Waals surface area contributed by atoms with E-state index < -0.39 is 0 Å². The molecule has 130 valence electrons. The predicted octanol–water partition coefficient (Wildman–Crippen LogP) is 4.11. The first-order valence-corrected chi connectivity index (χ1v) is 9.60. The average Bonchev–Trinajstić information content (AvgIpc) is 3.16. The Kier molecular flexibility index (Phi) is 3.40. The Morgan fingerprint density at radius 3 is 2.88 bits per heavy atom. The molecule has 5 rings (SSSR count). The Balaban J connectivity index is 1.52. The van der Waals surface area contributed by atoms with Crippen LogP contribution in [0.5, 0.6) is 11.5 Å². The lowest BCUT2D eigenvalue weighted by atomic mass is 9.88. The molecule has 0 saturated carbocycles. The molecule has 1 aromatic carbocycles. The Morgan fingerprint density at radius 2 is 2.04 bits per heavy atom. The Hall–Kier alpha value is -1.92. The molecular weight excluding hydrogens is 360 g/mol. The molecule has 0 saturated heterocycles. The summed E-state index contributed by atoms with van der Waals surface area (Å²) in [7, 11) is 0. The van der Waals surface area contributed by atoms with Gasteiger partial charge in [0.1, 0.15) is 11.2 Å². The van der Waals surface area contributed by atoms with Gasteiger partial charge in [-0.2, -0.15) is 0 Å². The summed E-state index contributed by atoms with van der Waals surface area (Å²) in [4.78, 5) is 14.1. The third-order valence-corrected chi connectivity index (χ3v) is 6.61. The van der Waals surface area contributed by atoms with Crippen molar-refractivity contribution in [2.45, 2.75) is 32.4 Å². The minimum atomic E-state index is -0.375. The molecule has 0 unspecified atom stereocenters. The molecule has 5 nitrogen and oxygen atoms in total. The lowest BCUT2D eigenvalue weighted by Gasteiger charge is -2.27. The number of nitrogens with one attached hydrogen (secondary N) is 2. The van der Waals surface area contributed by atoms with Crippen LogP contribution in [0.1, 0.15) is 45.9 Å². The molecular formula is C18H17ClN2O3S. The second-order valence-electron chi connectivity index (χ2n) is 6.83. The maximum absolute atomic E-state index is 12.8. The first-order valence-electron chi connectivity index (χ1n) is 8.41. The second-order valence-corrected chi connectivity index (χ2v) is 8.35. The van der Waals surface area contributed by atoms with Gasteiger partial charge in [-0.1, -0.05) is 18.5 Å². The van der Waals surface area contributed by atoms with Gasteiger partial charge in [0.15, 0.2) is 11.5 Å². The molecule has 7 heteroatoms. The highest BCUT2D eigenvalue weighted by atomic mass is 35.5. The monoisotopic (exact) mass is 376 g/mol. The molecule has 2 N–H and O–H groups in total. The summed E-state index contributed by atoms with van der Waals surface area (Å²) >= 11 is 8.12. The van der Waals surface area contributed by atoms with E-state index in [1.54, 1.807) is 17.4 Å². The molecule has 25 heavy (non-hydrogen) atoms. The van der Waals surface area contributed by atoms with Gasteiger partial charge in [0.25, 0.3) is 5.91 Å². The van der Waals surface area contributed by atoms with Crippen LogP contribution in [0, 0.1) is 5.92 Å². The average molecular weight is 377 g/mol. The predicted molar refractivity (Wildman–Crippen MR) is 96.9 cm³/mol. The van der Waals surface area contributed by atoms with Crippen molar-refractivity contribution in [3.05, 3.63) is 38.7 Å². The van der Waals surface area contributed by atoms with E-state index in [0.29, 0.717) is 22.4 Å². The summed E-state index contributed by atoms with van der Waals surface area (Å²) in [5, 5.41) is 7.99. The number of carbonyl (C=O) groups excluding carboxylic acids is 1. The third kappa shape index (κ3) is 2.39. The van der Waals surface area contributed by atoms with Crippen LogP contribution in [0.3, 0.4) is 0 Å². The second kappa shape index (κ2) is 5.54. The van der Waals surface area contributed by atoms with E-state index >= 15 is 0 Å². The molecule has 2 aliphatic heterocycles. The molecule has 1 aromatic heterocycles. The number of rotatable bonds is 1. The fourth-order valence-corrected chi connectivity index (χ4v) is 5.47. The Bertz CT molecular complexity index is 895. The van der Waals surface area contributed by atoms with Crippen molar-refractivity contribution in [2.24, 2.45) is 5.92 Å². The van der Waals surface area contributed by atoms with Crippen molar-refractivity contribution in [2.75, 3.05) is 12.1 Å². The summed E-state index contributed by atoms with van der Waals surface area (Å²) in [5.41, 5.74) is 2.82. The van der Waals surface area contributed by atoms with E-state index in [2.05, 4.69) is 17.6 Å². The lowest BCUT2D eigenvalue weighted by molar-refractivity contribution is 0.0935. The van der Waals surface area contributed by atoms with Gasteiger partial charge in [-0.3, -0.25) is 4.79 Å². The van der Waals surface area contributed by atoms with Crippen molar-refractivity contribution in [1.29, 1.82) is 0 Å². The summed E-state index contributed by atoms with van der Waals surface area (Å²) in [6.45, 7) is 2.46. The van der Waals surface area contributed by atoms with Gasteiger partial charge in [-0.05, 0) is 36.8 Å². The lowest BCUT2D eigenvalue weighted by Crippen LogP contribution is -2.38. The van der Waals surface area contributed by atoms with Crippen molar-refractivity contribution in [1.82, 2.24) is 5.32 Å². The fourth-order valence-electron chi connectivity index (χ4n) is 3.77. The van der Waals surface area contributed by atoms with Crippen LogP contribution in [0.25, 0.3) is 0 Å². The van der Waals surface area contributed by atoms with Crippen LogP contribution < -0.4 is 20.1 Å². The molecule has 2 atom stereocenters. The molecule has 0 radical (unpaired) electrons. The van der Waals surface area contributed by atoms with Crippen LogP contribution >= 0.6 is 22.9 Å². The van der Waals surface area contributed by atoms with Crippen molar-refractivity contribution >= 4 is 33.8 Å². The number of fused-ring (bicyclic) bond motifs is 4. The first kappa shape index (κ1) is 15.3. The van der Waals surface area contributed by atoms with Crippen LogP contribution in [0.2, 0.25) is 5.02 Å². The number of carbonyl (C=O) groups is 1. The molecule has 0 bridgehead atoms. The van der Waals surface area contributed by atoms with Crippen molar-refractivity contribution < 1.29 is 14.3 Å². The van der Waals surface area contributed by atoms with Gasteiger partial charge in [0.2, 0.25) is 6.79 Å². The van der Waals surface area contributed by atoms with E-state index in [1.807, 2.05) is 6.07 Å². The topological polar surface area (TPSA) is 59.6 Å². The number of halogens is 1. The Morgan fingerprint density at radius 1 is 1.24 bits per heavy atom. The maximum Gasteiger partial charge on any atom is 0.256 e. The Labute approximate surface area is 154 Å². The zero-order valence-electron chi connectivity index (χ0n) is 13.6. The number of benzene rings is 1. The molecule has 1 aliphatic carbocycles. The number of hydrogen-bond acceptors (Lipinski definition) is 5. The highest BCUT2D eigenvalue weighted by molar-refractivity contribution is 7.16. The van der Waals surface area contributed by atoms with E-state index in [-0.39, 0.29) is 18.9 Å². The first-order chi connectivity index (χ1) is 12.1. The number of anilines is 1. The summed E-state index contributed by atoms with van der Waals surface area (Å²) in [6.07, 6.45) is 2.80. The minimum absolute atomic E-state index is 0.0282. The summed E-state index contributed by atoms with van der Waals surface area (Å²) in [6, 6.07) is 3.58. The SMILES string of the molecule is C[C@H]1CCc2c(sc3c2C(=O)N[C@H](c2cc4c(cc2Cl)OCO4)N3)C1. The van der Waals surface area contributed by atoms with Crippen LogP contribution in [0.15, 0.2) is 12.1 Å². The summed E-state index contributed by atoms with van der Waals surface area (Å²) in [5.74, 6) is 1.94. The molecule has 3 heterocycles. The highest BCUT2D eigenvalue weighted by Crippen LogP contribution is 2.44. The number of amides is 1. The maximum atomic E-state index is 12.8. The summed E-state index contributed by atoms with van der Waals surface area (Å²) < 4.78 is 10.8. The quantitative estimate of drug-likeness (QED) is 0.786. The van der Waals surface area contributed by atoms with Gasteiger partial charge in [-0.25, -0.2) is 0 Å². The van der Waals surface area contributed by atoms with E-state index in [0.717, 1.165) is 35.4 Å². The number of thiophene rings is 1. The third-order valence-electron chi connectivity index (χ3n) is 5.09. The zero-order valence-corrected chi connectivity index (χ0v) is 15.2. The van der Waals surface area contributed by atoms with Crippen molar-refractivity contribution in [3.8, 4) is 11.5 Å².